The lowest BCUT2D eigenvalue weighted by Crippen LogP contribution is -2.29. The molecule has 3 nitrogen and oxygen atoms in total. The van der Waals surface area contributed by atoms with E-state index in [9.17, 15) is 4.79 Å². The maximum Gasteiger partial charge on any atom is 0.328 e. The van der Waals surface area contributed by atoms with Crippen molar-refractivity contribution >= 4 is 5.97 Å². The first-order valence-electron chi connectivity index (χ1n) is 5.08. The average Bonchev–Trinajstić information content (AvgIpc) is 2.00. The normalized spacial score (nSPS) is 12.6. The summed E-state index contributed by atoms with van der Waals surface area (Å²) < 4.78 is 0. The highest BCUT2D eigenvalue weighted by molar-refractivity contribution is 5.80. The van der Waals surface area contributed by atoms with Gasteiger partial charge in [-0.15, -0.1) is 0 Å². The van der Waals surface area contributed by atoms with Crippen LogP contribution in [0.2, 0.25) is 0 Å². The minimum absolute atomic E-state index is 0.618. The zero-order valence-corrected chi connectivity index (χ0v) is 9.58. The Morgan fingerprint density at radius 3 is 2.43 bits per heavy atom. The monoisotopic (exact) mass is 199 g/mol. The largest absolute Gasteiger partial charge is 0.478 e. The first-order valence-corrected chi connectivity index (χ1v) is 5.08. The van der Waals surface area contributed by atoms with Crippen LogP contribution in [0, 0.1) is 5.92 Å². The molecule has 82 valence electrons. The van der Waals surface area contributed by atoms with Gasteiger partial charge in [-0.05, 0) is 19.4 Å². The third kappa shape index (κ3) is 6.66. The molecule has 0 fully saturated rings. The fourth-order valence-electron chi connectivity index (χ4n) is 1.43. The Bertz CT molecular complexity index is 209. The van der Waals surface area contributed by atoms with Crippen LogP contribution in [0.5, 0.6) is 0 Å². The van der Waals surface area contributed by atoms with E-state index in [1.807, 2.05) is 6.92 Å². The highest BCUT2D eigenvalue weighted by Crippen LogP contribution is 2.02. The summed E-state index contributed by atoms with van der Waals surface area (Å²) in [4.78, 5) is 12.7. The van der Waals surface area contributed by atoms with Gasteiger partial charge >= 0.3 is 5.97 Å². The lowest BCUT2D eigenvalue weighted by atomic mass is 10.2. The van der Waals surface area contributed by atoms with E-state index in [4.69, 9.17) is 5.11 Å². The molecule has 0 aliphatic rings. The van der Waals surface area contributed by atoms with Crippen molar-refractivity contribution in [1.82, 2.24) is 4.90 Å². The molecule has 0 spiro atoms. The number of carbonyl (C=O) groups is 1. The summed E-state index contributed by atoms with van der Waals surface area (Å²) in [6.45, 7) is 11.0. The molecule has 0 heterocycles. The molecule has 0 unspecified atom stereocenters. The van der Waals surface area contributed by atoms with Gasteiger partial charge in [0.15, 0.2) is 0 Å². The smallest absolute Gasteiger partial charge is 0.328 e. The standard InChI is InChI=1S/C11H21NO2/c1-5-12(7-9(2)3)8-10(4)6-11(13)14/h6,9H,5,7-8H2,1-4H3,(H,13,14). The highest BCUT2D eigenvalue weighted by atomic mass is 16.4. The number of likely N-dealkylation sites (N-methyl/N-ethyl adjacent to an activating group) is 1. The summed E-state index contributed by atoms with van der Waals surface area (Å²) in [5, 5.41) is 8.56. The van der Waals surface area contributed by atoms with Crippen LogP contribution in [-0.2, 0) is 4.79 Å². The minimum Gasteiger partial charge on any atom is -0.478 e. The maximum absolute atomic E-state index is 10.4. The van der Waals surface area contributed by atoms with Crippen molar-refractivity contribution in [2.75, 3.05) is 19.6 Å². The molecule has 0 saturated carbocycles. The third-order valence-corrected chi connectivity index (χ3v) is 1.91. The molecule has 1 N–H and O–H groups in total. The Morgan fingerprint density at radius 1 is 1.50 bits per heavy atom. The number of aliphatic carboxylic acids is 1. The molecule has 0 aliphatic carbocycles. The topological polar surface area (TPSA) is 40.5 Å². The Labute approximate surface area is 86.4 Å². The summed E-state index contributed by atoms with van der Waals surface area (Å²) in [6.07, 6.45) is 1.28. The molecular formula is C11H21NO2. The van der Waals surface area contributed by atoms with Gasteiger partial charge in [0.2, 0.25) is 0 Å². The summed E-state index contributed by atoms with van der Waals surface area (Å²) in [5.41, 5.74) is 0.903. The van der Waals surface area contributed by atoms with Crippen LogP contribution in [0.4, 0.5) is 0 Å². The SMILES string of the molecule is CCN(CC(C)=CC(=O)O)CC(C)C. The number of nitrogens with zero attached hydrogens (tertiary/aromatic N) is 1. The van der Waals surface area contributed by atoms with Crippen LogP contribution in [0.15, 0.2) is 11.6 Å². The summed E-state index contributed by atoms with van der Waals surface area (Å²) in [5.74, 6) is -0.240. The second-order valence-electron chi connectivity index (χ2n) is 4.05. The Balaban J connectivity index is 4.10. The zero-order chi connectivity index (χ0) is 11.1. The van der Waals surface area contributed by atoms with Crippen molar-refractivity contribution in [3.63, 3.8) is 0 Å². The van der Waals surface area contributed by atoms with Crippen molar-refractivity contribution < 1.29 is 9.90 Å². The fourth-order valence-corrected chi connectivity index (χ4v) is 1.43. The van der Waals surface area contributed by atoms with Crippen molar-refractivity contribution in [1.29, 1.82) is 0 Å². The van der Waals surface area contributed by atoms with Crippen LogP contribution in [0.1, 0.15) is 27.7 Å². The number of rotatable bonds is 6. The van der Waals surface area contributed by atoms with Gasteiger partial charge in [0.05, 0.1) is 0 Å². The predicted octanol–water partition coefficient (Wildman–Crippen LogP) is 2.00. The van der Waals surface area contributed by atoms with E-state index in [1.165, 1.54) is 6.08 Å². The first-order chi connectivity index (χ1) is 6.45. The van der Waals surface area contributed by atoms with Crippen LogP contribution in [0.3, 0.4) is 0 Å². The second-order valence-corrected chi connectivity index (χ2v) is 4.05. The van der Waals surface area contributed by atoms with E-state index in [0.717, 1.165) is 25.2 Å². The number of hydrogen-bond donors (Lipinski definition) is 1. The van der Waals surface area contributed by atoms with E-state index in [2.05, 4.69) is 25.7 Å². The van der Waals surface area contributed by atoms with Crippen molar-refractivity contribution in [2.45, 2.75) is 27.7 Å². The maximum atomic E-state index is 10.4. The van der Waals surface area contributed by atoms with Gasteiger partial charge in [-0.3, -0.25) is 4.90 Å². The van der Waals surface area contributed by atoms with E-state index in [-0.39, 0.29) is 0 Å². The molecule has 3 heteroatoms. The number of hydrogen-bond acceptors (Lipinski definition) is 2. The predicted molar refractivity (Wildman–Crippen MR) is 58.3 cm³/mol. The molecule has 0 aromatic rings. The molecular weight excluding hydrogens is 178 g/mol. The van der Waals surface area contributed by atoms with Crippen LogP contribution in [0.25, 0.3) is 0 Å². The Kier molecular flexibility index (Phi) is 6.21. The van der Waals surface area contributed by atoms with E-state index in [0.29, 0.717) is 5.92 Å². The second kappa shape index (κ2) is 6.60. The van der Waals surface area contributed by atoms with Gasteiger partial charge in [0.25, 0.3) is 0 Å². The third-order valence-electron chi connectivity index (χ3n) is 1.91. The zero-order valence-electron chi connectivity index (χ0n) is 9.58. The molecule has 0 saturated heterocycles. The molecule has 0 aliphatic heterocycles. The van der Waals surface area contributed by atoms with Crippen molar-refractivity contribution in [2.24, 2.45) is 5.92 Å². The molecule has 0 atom stereocenters. The van der Waals surface area contributed by atoms with Crippen molar-refractivity contribution in [3.8, 4) is 0 Å². The molecule has 0 amide bonds. The minimum atomic E-state index is -0.858. The molecule has 14 heavy (non-hydrogen) atoms. The quantitative estimate of drug-likeness (QED) is 0.665. The van der Waals surface area contributed by atoms with Crippen LogP contribution in [-0.4, -0.2) is 35.6 Å². The van der Waals surface area contributed by atoms with Gasteiger partial charge in [0, 0.05) is 19.2 Å². The Morgan fingerprint density at radius 2 is 2.07 bits per heavy atom. The van der Waals surface area contributed by atoms with Crippen LogP contribution < -0.4 is 0 Å². The lowest BCUT2D eigenvalue weighted by molar-refractivity contribution is -0.131. The summed E-state index contributed by atoms with van der Waals surface area (Å²) in [7, 11) is 0. The molecule has 0 bridgehead atoms. The lowest BCUT2D eigenvalue weighted by Gasteiger charge is -2.22. The fraction of sp³-hybridized carbons (Fsp3) is 0.727. The van der Waals surface area contributed by atoms with E-state index >= 15 is 0 Å². The van der Waals surface area contributed by atoms with E-state index in [1.54, 1.807) is 0 Å². The number of carboxylic acids is 1. The van der Waals surface area contributed by atoms with Crippen molar-refractivity contribution in [3.05, 3.63) is 11.6 Å². The molecule has 0 aromatic carbocycles. The van der Waals surface area contributed by atoms with Gasteiger partial charge < -0.3 is 5.11 Å². The van der Waals surface area contributed by atoms with Gasteiger partial charge in [-0.25, -0.2) is 4.79 Å². The van der Waals surface area contributed by atoms with Gasteiger partial charge in [0.1, 0.15) is 0 Å². The Hall–Kier alpha value is -0.830. The molecule has 0 rings (SSSR count). The number of carboxylic acid groups (broad SMARTS) is 1. The highest BCUT2D eigenvalue weighted by Gasteiger charge is 2.05. The van der Waals surface area contributed by atoms with Gasteiger partial charge in [-0.1, -0.05) is 26.3 Å². The molecule has 0 radical (unpaired) electrons. The van der Waals surface area contributed by atoms with Gasteiger partial charge in [-0.2, -0.15) is 0 Å². The summed E-state index contributed by atoms with van der Waals surface area (Å²) >= 11 is 0. The molecule has 0 aromatic heterocycles. The average molecular weight is 199 g/mol. The van der Waals surface area contributed by atoms with Crippen LogP contribution >= 0.6 is 0 Å². The van der Waals surface area contributed by atoms with E-state index < -0.39 is 5.97 Å². The summed E-state index contributed by atoms with van der Waals surface area (Å²) in [6, 6.07) is 0. The first kappa shape index (κ1) is 13.2.